The highest BCUT2D eigenvalue weighted by atomic mass is 16.5. The molecule has 2 N–H and O–H groups in total. The summed E-state index contributed by atoms with van der Waals surface area (Å²) in [6, 6.07) is 0.0348. The summed E-state index contributed by atoms with van der Waals surface area (Å²) in [5.41, 5.74) is 0. The van der Waals surface area contributed by atoms with Gasteiger partial charge in [0.05, 0.1) is 6.10 Å². The van der Waals surface area contributed by atoms with Gasteiger partial charge in [0.1, 0.15) is 0 Å². The molecular formula is C14H28N2O3. The highest BCUT2D eigenvalue weighted by Crippen LogP contribution is 2.24. The molecule has 0 aromatic heterocycles. The van der Waals surface area contributed by atoms with Gasteiger partial charge in [0.2, 0.25) is 0 Å². The van der Waals surface area contributed by atoms with E-state index < -0.39 is 0 Å². The molecule has 0 radical (unpaired) electrons. The third-order valence-corrected chi connectivity index (χ3v) is 3.85. The zero-order valence-corrected chi connectivity index (χ0v) is 12.4. The van der Waals surface area contributed by atoms with E-state index in [-0.39, 0.29) is 24.1 Å². The van der Waals surface area contributed by atoms with E-state index >= 15 is 0 Å². The molecular weight excluding hydrogens is 244 g/mol. The molecule has 5 nitrogen and oxygen atoms in total. The van der Waals surface area contributed by atoms with Gasteiger partial charge >= 0.3 is 6.03 Å². The number of hydrogen-bond acceptors (Lipinski definition) is 3. The van der Waals surface area contributed by atoms with E-state index in [9.17, 15) is 9.90 Å². The van der Waals surface area contributed by atoms with E-state index in [1.165, 1.54) is 0 Å². The standard InChI is InChI=1S/C14H28N2O3/c1-11(8-9-19-3)15-14(18)16(2)10-12-6-4-5-7-13(12)17/h11-13,17H,4-10H2,1-3H3,(H,15,18)/t11-,12-,13+/m0/s1. The molecule has 0 unspecified atom stereocenters. The molecule has 0 aromatic rings. The number of aliphatic hydroxyl groups excluding tert-OH is 1. The summed E-state index contributed by atoms with van der Waals surface area (Å²) in [6.45, 7) is 3.25. The zero-order valence-electron chi connectivity index (χ0n) is 12.4. The average molecular weight is 272 g/mol. The molecule has 1 fully saturated rings. The van der Waals surface area contributed by atoms with Gasteiger partial charge in [-0.25, -0.2) is 4.79 Å². The van der Waals surface area contributed by atoms with Gasteiger partial charge in [-0.1, -0.05) is 12.8 Å². The lowest BCUT2D eigenvalue weighted by Gasteiger charge is -2.31. The first-order chi connectivity index (χ1) is 9.04. The topological polar surface area (TPSA) is 61.8 Å². The fourth-order valence-corrected chi connectivity index (χ4v) is 2.52. The molecule has 5 heteroatoms. The number of urea groups is 1. The molecule has 0 aromatic carbocycles. The van der Waals surface area contributed by atoms with Crippen LogP contribution in [0.15, 0.2) is 0 Å². The summed E-state index contributed by atoms with van der Waals surface area (Å²) in [7, 11) is 3.45. The maximum atomic E-state index is 12.0. The number of aliphatic hydroxyl groups is 1. The minimum atomic E-state index is -0.255. The smallest absolute Gasteiger partial charge is 0.317 e. The first kappa shape index (κ1) is 16.2. The minimum Gasteiger partial charge on any atom is -0.393 e. The van der Waals surface area contributed by atoms with Crippen molar-refractivity contribution in [1.82, 2.24) is 10.2 Å². The molecule has 0 heterocycles. The summed E-state index contributed by atoms with van der Waals surface area (Å²) in [5, 5.41) is 12.9. The molecule has 0 bridgehead atoms. The number of carbonyl (C=O) groups is 1. The zero-order chi connectivity index (χ0) is 14.3. The van der Waals surface area contributed by atoms with Crippen molar-refractivity contribution in [3.63, 3.8) is 0 Å². The molecule has 19 heavy (non-hydrogen) atoms. The van der Waals surface area contributed by atoms with Crippen LogP contribution in [0.2, 0.25) is 0 Å². The Hall–Kier alpha value is -0.810. The fourth-order valence-electron chi connectivity index (χ4n) is 2.52. The van der Waals surface area contributed by atoms with Gasteiger partial charge in [0.25, 0.3) is 0 Å². The van der Waals surface area contributed by atoms with Gasteiger partial charge in [0, 0.05) is 39.3 Å². The van der Waals surface area contributed by atoms with Crippen LogP contribution in [0.4, 0.5) is 4.79 Å². The fraction of sp³-hybridized carbons (Fsp3) is 0.929. The van der Waals surface area contributed by atoms with Crippen LogP contribution in [0.5, 0.6) is 0 Å². The minimum absolute atomic E-state index is 0.0682. The summed E-state index contributed by atoms with van der Waals surface area (Å²) in [6.07, 6.45) is 4.68. The Bertz CT molecular complexity index is 273. The second kappa shape index (κ2) is 8.38. The number of nitrogens with zero attached hydrogens (tertiary/aromatic N) is 1. The van der Waals surface area contributed by atoms with Crippen LogP contribution in [0.1, 0.15) is 39.0 Å². The maximum absolute atomic E-state index is 12.0. The Morgan fingerprint density at radius 2 is 2.16 bits per heavy atom. The number of ether oxygens (including phenoxy) is 1. The molecule has 2 amide bonds. The van der Waals surface area contributed by atoms with Crippen LogP contribution in [0.25, 0.3) is 0 Å². The van der Waals surface area contributed by atoms with Crippen molar-refractivity contribution in [1.29, 1.82) is 0 Å². The Labute approximate surface area is 116 Å². The van der Waals surface area contributed by atoms with E-state index in [4.69, 9.17) is 4.74 Å². The molecule has 1 saturated carbocycles. The highest BCUT2D eigenvalue weighted by Gasteiger charge is 2.25. The van der Waals surface area contributed by atoms with Gasteiger partial charge < -0.3 is 20.1 Å². The Kier molecular flexibility index (Phi) is 7.16. The lowest BCUT2D eigenvalue weighted by Crippen LogP contribution is -2.45. The number of amides is 2. The van der Waals surface area contributed by atoms with Crippen molar-refractivity contribution in [2.24, 2.45) is 5.92 Å². The summed E-state index contributed by atoms with van der Waals surface area (Å²) in [4.78, 5) is 13.7. The first-order valence-electron chi connectivity index (χ1n) is 7.23. The molecule has 0 aliphatic heterocycles. The van der Waals surface area contributed by atoms with E-state index in [0.717, 1.165) is 32.1 Å². The van der Waals surface area contributed by atoms with Crippen LogP contribution < -0.4 is 5.32 Å². The van der Waals surface area contributed by atoms with Crippen LogP contribution in [-0.2, 0) is 4.74 Å². The molecule has 0 saturated heterocycles. The van der Waals surface area contributed by atoms with Gasteiger partial charge in [-0.3, -0.25) is 0 Å². The monoisotopic (exact) mass is 272 g/mol. The van der Waals surface area contributed by atoms with Gasteiger partial charge in [0.15, 0.2) is 0 Å². The Balaban J connectivity index is 2.31. The molecule has 1 aliphatic carbocycles. The summed E-state index contributed by atoms with van der Waals surface area (Å²) in [5.74, 6) is 0.221. The molecule has 1 rings (SSSR count). The summed E-state index contributed by atoms with van der Waals surface area (Å²) < 4.78 is 4.99. The third kappa shape index (κ3) is 5.78. The largest absolute Gasteiger partial charge is 0.393 e. The second-order valence-corrected chi connectivity index (χ2v) is 5.62. The van der Waals surface area contributed by atoms with Crippen molar-refractivity contribution < 1.29 is 14.6 Å². The van der Waals surface area contributed by atoms with Crippen molar-refractivity contribution in [3.8, 4) is 0 Å². The quantitative estimate of drug-likeness (QED) is 0.772. The lowest BCUT2D eigenvalue weighted by atomic mass is 9.86. The van der Waals surface area contributed by atoms with Gasteiger partial charge in [-0.15, -0.1) is 0 Å². The molecule has 112 valence electrons. The Morgan fingerprint density at radius 3 is 2.79 bits per heavy atom. The highest BCUT2D eigenvalue weighted by molar-refractivity contribution is 5.74. The number of hydrogen-bond donors (Lipinski definition) is 2. The SMILES string of the molecule is COCC[C@H](C)NC(=O)N(C)C[C@@H]1CCCC[C@H]1O. The second-order valence-electron chi connectivity index (χ2n) is 5.62. The van der Waals surface area contributed by atoms with E-state index in [0.29, 0.717) is 13.2 Å². The number of methoxy groups -OCH3 is 1. The van der Waals surface area contributed by atoms with E-state index in [2.05, 4.69) is 5.32 Å². The van der Waals surface area contributed by atoms with Crippen molar-refractivity contribution in [2.45, 2.75) is 51.2 Å². The predicted octanol–water partition coefficient (Wildman–Crippen LogP) is 1.60. The van der Waals surface area contributed by atoms with E-state index in [1.54, 1.807) is 19.1 Å². The number of carbonyl (C=O) groups excluding carboxylic acids is 1. The van der Waals surface area contributed by atoms with Gasteiger partial charge in [-0.05, 0) is 26.2 Å². The van der Waals surface area contributed by atoms with Crippen LogP contribution in [0.3, 0.4) is 0 Å². The Morgan fingerprint density at radius 1 is 1.47 bits per heavy atom. The summed E-state index contributed by atoms with van der Waals surface area (Å²) >= 11 is 0. The van der Waals surface area contributed by atoms with Crippen LogP contribution >= 0.6 is 0 Å². The van der Waals surface area contributed by atoms with Gasteiger partial charge in [-0.2, -0.15) is 0 Å². The average Bonchev–Trinajstić information content (AvgIpc) is 2.38. The molecule has 3 atom stereocenters. The van der Waals surface area contributed by atoms with Crippen molar-refractivity contribution in [3.05, 3.63) is 0 Å². The first-order valence-corrected chi connectivity index (χ1v) is 7.23. The molecule has 0 spiro atoms. The van der Waals surface area contributed by atoms with Crippen molar-refractivity contribution in [2.75, 3.05) is 27.3 Å². The third-order valence-electron chi connectivity index (χ3n) is 3.85. The predicted molar refractivity (Wildman–Crippen MR) is 75.1 cm³/mol. The number of nitrogens with one attached hydrogen (secondary N) is 1. The lowest BCUT2D eigenvalue weighted by molar-refractivity contribution is 0.0562. The maximum Gasteiger partial charge on any atom is 0.317 e. The molecule has 1 aliphatic rings. The van der Waals surface area contributed by atoms with Crippen LogP contribution in [-0.4, -0.2) is 55.5 Å². The van der Waals surface area contributed by atoms with Crippen LogP contribution in [0, 0.1) is 5.92 Å². The number of rotatable bonds is 6. The normalized spacial score (nSPS) is 24.8. The van der Waals surface area contributed by atoms with Crippen molar-refractivity contribution >= 4 is 6.03 Å². The van der Waals surface area contributed by atoms with E-state index in [1.807, 2.05) is 6.92 Å².